The lowest BCUT2D eigenvalue weighted by Crippen LogP contribution is -2.45. The number of pyridine rings is 1. The molecule has 4 rings (SSSR count). The van der Waals surface area contributed by atoms with Gasteiger partial charge >= 0.3 is 0 Å². The lowest BCUT2D eigenvalue weighted by Gasteiger charge is -2.35. The van der Waals surface area contributed by atoms with Crippen molar-refractivity contribution in [2.45, 2.75) is 6.04 Å². The molecule has 1 aliphatic heterocycles. The summed E-state index contributed by atoms with van der Waals surface area (Å²) in [4.78, 5) is 10.3. The number of nitrogens with one attached hydrogen (secondary N) is 2. The molecule has 3 aromatic rings. The first-order chi connectivity index (χ1) is 10.9. The molecule has 1 saturated heterocycles. The van der Waals surface area contributed by atoms with E-state index in [1.165, 1.54) is 22.0 Å². The monoisotopic (exact) mass is 292 g/mol. The Morgan fingerprint density at radius 1 is 1.05 bits per heavy atom. The fourth-order valence-electron chi connectivity index (χ4n) is 3.39. The van der Waals surface area contributed by atoms with Gasteiger partial charge in [-0.1, -0.05) is 24.3 Å². The zero-order valence-electron chi connectivity index (χ0n) is 12.5. The number of nitrogens with zero attached hydrogens (tertiary/aromatic N) is 2. The predicted molar refractivity (Wildman–Crippen MR) is 88.8 cm³/mol. The van der Waals surface area contributed by atoms with Gasteiger partial charge < -0.3 is 10.3 Å². The predicted octanol–water partition coefficient (Wildman–Crippen LogP) is 2.56. The zero-order valence-corrected chi connectivity index (χ0v) is 12.5. The fraction of sp³-hybridized carbons (Fsp3) is 0.278. The smallest absolute Gasteiger partial charge is 0.0639 e. The Morgan fingerprint density at radius 3 is 2.73 bits per heavy atom. The zero-order chi connectivity index (χ0) is 14.8. The maximum Gasteiger partial charge on any atom is 0.0639 e. The van der Waals surface area contributed by atoms with Gasteiger partial charge in [0.2, 0.25) is 0 Å². The van der Waals surface area contributed by atoms with Crippen LogP contribution in [0.5, 0.6) is 0 Å². The molecule has 4 nitrogen and oxygen atoms in total. The normalized spacial score (nSPS) is 17.6. The molecule has 0 radical (unpaired) electrons. The first-order valence-corrected chi connectivity index (χ1v) is 7.84. The number of para-hydroxylation sites is 1. The Balaban J connectivity index is 1.83. The van der Waals surface area contributed by atoms with Gasteiger partial charge in [0.05, 0.1) is 6.04 Å². The quantitative estimate of drug-likeness (QED) is 0.780. The third-order valence-corrected chi connectivity index (χ3v) is 4.43. The highest BCUT2D eigenvalue weighted by molar-refractivity contribution is 5.84. The molecule has 0 bridgehead atoms. The first kappa shape index (κ1) is 13.5. The lowest BCUT2D eigenvalue weighted by atomic mass is 9.97. The Bertz CT molecular complexity index is 744. The molecule has 4 heteroatoms. The van der Waals surface area contributed by atoms with Crippen LogP contribution in [-0.4, -0.2) is 41.0 Å². The Labute approximate surface area is 130 Å². The second-order valence-corrected chi connectivity index (χ2v) is 5.76. The van der Waals surface area contributed by atoms with Crippen LogP contribution < -0.4 is 5.32 Å². The number of benzene rings is 1. The summed E-state index contributed by atoms with van der Waals surface area (Å²) < 4.78 is 0. The molecule has 0 spiro atoms. The van der Waals surface area contributed by atoms with Crippen LogP contribution in [0.1, 0.15) is 17.2 Å². The average Bonchev–Trinajstić information content (AvgIpc) is 3.01. The van der Waals surface area contributed by atoms with Crippen molar-refractivity contribution < 1.29 is 0 Å². The highest BCUT2D eigenvalue weighted by Crippen LogP contribution is 2.33. The van der Waals surface area contributed by atoms with Gasteiger partial charge in [-0.25, -0.2) is 0 Å². The summed E-state index contributed by atoms with van der Waals surface area (Å²) in [6, 6.07) is 13.0. The van der Waals surface area contributed by atoms with Gasteiger partial charge in [-0.05, 0) is 23.3 Å². The minimum atomic E-state index is 0.256. The summed E-state index contributed by atoms with van der Waals surface area (Å²) in [5.74, 6) is 0. The molecule has 1 aliphatic rings. The summed E-state index contributed by atoms with van der Waals surface area (Å²) >= 11 is 0. The molecule has 22 heavy (non-hydrogen) atoms. The molecule has 1 unspecified atom stereocenters. The van der Waals surface area contributed by atoms with E-state index in [2.05, 4.69) is 56.7 Å². The molecule has 112 valence electrons. The molecule has 1 fully saturated rings. The lowest BCUT2D eigenvalue weighted by molar-refractivity contribution is 0.199. The second-order valence-electron chi connectivity index (χ2n) is 5.76. The van der Waals surface area contributed by atoms with Gasteiger partial charge in [-0.15, -0.1) is 0 Å². The van der Waals surface area contributed by atoms with Crippen LogP contribution in [0.3, 0.4) is 0 Å². The highest BCUT2D eigenvalue weighted by Gasteiger charge is 2.26. The van der Waals surface area contributed by atoms with Crippen LogP contribution >= 0.6 is 0 Å². The van der Waals surface area contributed by atoms with Gasteiger partial charge in [-0.3, -0.25) is 9.88 Å². The maximum atomic E-state index is 4.34. The number of aromatic amines is 1. The molecule has 1 aromatic carbocycles. The largest absolute Gasteiger partial charge is 0.361 e. The van der Waals surface area contributed by atoms with Crippen LogP contribution in [0.25, 0.3) is 10.9 Å². The van der Waals surface area contributed by atoms with Crippen LogP contribution in [-0.2, 0) is 0 Å². The molecular formula is C18H20N4. The molecule has 0 amide bonds. The Hall–Kier alpha value is -2.17. The van der Waals surface area contributed by atoms with Gasteiger partial charge in [0.1, 0.15) is 0 Å². The summed E-state index contributed by atoms with van der Waals surface area (Å²) in [6.45, 7) is 4.19. The summed E-state index contributed by atoms with van der Waals surface area (Å²) in [7, 11) is 0. The van der Waals surface area contributed by atoms with E-state index in [-0.39, 0.29) is 6.04 Å². The molecule has 0 aliphatic carbocycles. The van der Waals surface area contributed by atoms with E-state index in [9.17, 15) is 0 Å². The van der Waals surface area contributed by atoms with E-state index < -0.39 is 0 Å². The molecular weight excluding hydrogens is 272 g/mol. The minimum Gasteiger partial charge on any atom is -0.361 e. The van der Waals surface area contributed by atoms with Crippen LogP contribution in [0, 0.1) is 0 Å². The standard InChI is InChI=1S/C18H20N4/c1-2-6-17-15(5-1)16(13-21-17)18(14-4-3-7-20-12-14)22-10-8-19-9-11-22/h1-7,12-13,18-19,21H,8-11H2. The Morgan fingerprint density at radius 2 is 1.91 bits per heavy atom. The number of fused-ring (bicyclic) bond motifs is 1. The third kappa shape index (κ3) is 2.40. The number of piperazine rings is 1. The summed E-state index contributed by atoms with van der Waals surface area (Å²) in [6.07, 6.45) is 5.99. The number of hydrogen-bond donors (Lipinski definition) is 2. The SMILES string of the molecule is c1cncc(C(c2c[nH]c3ccccc23)N2CCNCC2)c1. The van der Waals surface area contributed by atoms with Crippen molar-refractivity contribution in [1.29, 1.82) is 0 Å². The number of rotatable bonds is 3. The van der Waals surface area contributed by atoms with E-state index in [1.807, 2.05) is 18.5 Å². The van der Waals surface area contributed by atoms with Crippen molar-refractivity contribution in [2.24, 2.45) is 0 Å². The van der Waals surface area contributed by atoms with Gasteiger partial charge in [0.25, 0.3) is 0 Å². The molecule has 3 heterocycles. The van der Waals surface area contributed by atoms with Crippen LogP contribution in [0.15, 0.2) is 55.0 Å². The van der Waals surface area contributed by atoms with Crippen molar-refractivity contribution in [3.05, 3.63) is 66.1 Å². The molecule has 1 atom stereocenters. The van der Waals surface area contributed by atoms with Crippen molar-refractivity contribution in [3.63, 3.8) is 0 Å². The first-order valence-electron chi connectivity index (χ1n) is 7.84. The van der Waals surface area contributed by atoms with Crippen LogP contribution in [0.4, 0.5) is 0 Å². The van der Waals surface area contributed by atoms with Crippen molar-refractivity contribution in [1.82, 2.24) is 20.2 Å². The third-order valence-electron chi connectivity index (χ3n) is 4.43. The van der Waals surface area contributed by atoms with E-state index in [0.717, 1.165) is 26.2 Å². The minimum absolute atomic E-state index is 0.256. The molecule has 2 aromatic heterocycles. The number of aromatic nitrogens is 2. The maximum absolute atomic E-state index is 4.34. The van der Waals surface area contributed by atoms with Crippen molar-refractivity contribution in [3.8, 4) is 0 Å². The van der Waals surface area contributed by atoms with Gasteiger partial charge in [-0.2, -0.15) is 0 Å². The van der Waals surface area contributed by atoms with Gasteiger partial charge in [0.15, 0.2) is 0 Å². The van der Waals surface area contributed by atoms with E-state index >= 15 is 0 Å². The summed E-state index contributed by atoms with van der Waals surface area (Å²) in [5, 5.41) is 4.74. The summed E-state index contributed by atoms with van der Waals surface area (Å²) in [5.41, 5.74) is 3.79. The van der Waals surface area contributed by atoms with E-state index in [4.69, 9.17) is 0 Å². The fourth-order valence-corrected chi connectivity index (χ4v) is 3.39. The van der Waals surface area contributed by atoms with Gasteiger partial charge in [0, 0.05) is 55.7 Å². The molecule has 2 N–H and O–H groups in total. The number of hydrogen-bond acceptors (Lipinski definition) is 3. The van der Waals surface area contributed by atoms with E-state index in [0.29, 0.717) is 0 Å². The van der Waals surface area contributed by atoms with Crippen LogP contribution in [0.2, 0.25) is 0 Å². The second kappa shape index (κ2) is 5.91. The Kier molecular flexibility index (Phi) is 3.62. The van der Waals surface area contributed by atoms with Crippen molar-refractivity contribution in [2.75, 3.05) is 26.2 Å². The average molecular weight is 292 g/mol. The highest BCUT2D eigenvalue weighted by atomic mass is 15.2. The van der Waals surface area contributed by atoms with E-state index in [1.54, 1.807) is 0 Å². The van der Waals surface area contributed by atoms with Crippen molar-refractivity contribution >= 4 is 10.9 Å². The molecule has 0 saturated carbocycles. The topological polar surface area (TPSA) is 44.0 Å². The number of H-pyrrole nitrogens is 1.